The van der Waals surface area contributed by atoms with Crippen LogP contribution in [-0.4, -0.2) is 41.2 Å². The topological polar surface area (TPSA) is 36.4 Å². The molecule has 0 amide bonds. The standard InChI is InChI=1S/C22H25ClN2O/c23-19-6-7-20-18(15-19)5-4-17-3-1-10-24-22(17)21(20)16-8-12-25(13-9-16)11-2-14-26/h1,3,6-7,10,15,26H,2,4-5,8-9,11-14H2. The Labute approximate surface area is 160 Å². The van der Waals surface area contributed by atoms with E-state index in [2.05, 4.69) is 23.1 Å². The number of likely N-dealkylation sites (tertiary alicyclic amines) is 1. The zero-order valence-electron chi connectivity index (χ0n) is 15.0. The second kappa shape index (κ2) is 7.91. The Morgan fingerprint density at radius 3 is 2.65 bits per heavy atom. The first-order valence-electron chi connectivity index (χ1n) is 9.54. The molecule has 0 unspecified atom stereocenters. The van der Waals surface area contributed by atoms with E-state index in [4.69, 9.17) is 21.7 Å². The van der Waals surface area contributed by atoms with Crippen LogP contribution in [-0.2, 0) is 12.8 Å². The van der Waals surface area contributed by atoms with Crippen molar-refractivity contribution in [1.29, 1.82) is 0 Å². The van der Waals surface area contributed by atoms with Crippen LogP contribution in [0.25, 0.3) is 5.57 Å². The zero-order valence-corrected chi connectivity index (χ0v) is 15.8. The van der Waals surface area contributed by atoms with Crippen LogP contribution in [0.2, 0.25) is 5.02 Å². The highest BCUT2D eigenvalue weighted by Crippen LogP contribution is 2.38. The predicted octanol–water partition coefficient (Wildman–Crippen LogP) is 4.11. The molecule has 4 heteroatoms. The number of rotatable bonds is 3. The lowest BCUT2D eigenvalue weighted by Gasteiger charge is -2.30. The van der Waals surface area contributed by atoms with Crippen LogP contribution in [0.5, 0.6) is 0 Å². The number of benzene rings is 1. The van der Waals surface area contributed by atoms with Gasteiger partial charge in [0.2, 0.25) is 0 Å². The van der Waals surface area contributed by atoms with Crippen LogP contribution >= 0.6 is 11.6 Å². The number of aromatic nitrogens is 1. The van der Waals surface area contributed by atoms with E-state index in [1.165, 1.54) is 27.8 Å². The van der Waals surface area contributed by atoms with Crippen molar-refractivity contribution in [2.45, 2.75) is 32.1 Å². The summed E-state index contributed by atoms with van der Waals surface area (Å²) in [5, 5.41) is 9.88. The van der Waals surface area contributed by atoms with Crippen molar-refractivity contribution in [3.05, 3.63) is 69.5 Å². The average molecular weight is 369 g/mol. The van der Waals surface area contributed by atoms with E-state index >= 15 is 0 Å². The number of hydrogen-bond acceptors (Lipinski definition) is 3. The van der Waals surface area contributed by atoms with Crippen LogP contribution in [0.3, 0.4) is 0 Å². The third-order valence-corrected chi connectivity index (χ3v) is 5.81. The molecule has 1 fully saturated rings. The van der Waals surface area contributed by atoms with Crippen LogP contribution in [0.1, 0.15) is 41.6 Å². The Hall–Kier alpha value is -1.68. The highest BCUT2D eigenvalue weighted by atomic mass is 35.5. The molecule has 0 bridgehead atoms. The van der Waals surface area contributed by atoms with E-state index in [9.17, 15) is 0 Å². The molecule has 1 saturated heterocycles. The summed E-state index contributed by atoms with van der Waals surface area (Å²) in [6, 6.07) is 10.6. The molecule has 1 aliphatic carbocycles. The maximum atomic E-state index is 9.07. The van der Waals surface area contributed by atoms with Crippen molar-refractivity contribution in [1.82, 2.24) is 9.88 Å². The maximum absolute atomic E-state index is 9.07. The molecule has 0 atom stereocenters. The van der Waals surface area contributed by atoms with E-state index in [0.717, 1.165) is 62.5 Å². The van der Waals surface area contributed by atoms with Crippen LogP contribution in [0, 0.1) is 0 Å². The Morgan fingerprint density at radius 1 is 1.04 bits per heavy atom. The van der Waals surface area contributed by atoms with Gasteiger partial charge in [0.15, 0.2) is 0 Å². The molecule has 1 aromatic carbocycles. The summed E-state index contributed by atoms with van der Waals surface area (Å²) in [6.45, 7) is 3.38. The number of piperidine rings is 1. The van der Waals surface area contributed by atoms with Gasteiger partial charge in [-0.05, 0) is 67.0 Å². The summed E-state index contributed by atoms with van der Waals surface area (Å²) in [5.74, 6) is 0. The molecule has 4 rings (SSSR count). The molecule has 0 radical (unpaired) electrons. The van der Waals surface area contributed by atoms with Crippen molar-refractivity contribution in [3.63, 3.8) is 0 Å². The Balaban J connectivity index is 1.75. The van der Waals surface area contributed by atoms with E-state index < -0.39 is 0 Å². The highest BCUT2D eigenvalue weighted by molar-refractivity contribution is 6.30. The van der Waals surface area contributed by atoms with Crippen molar-refractivity contribution >= 4 is 17.2 Å². The maximum Gasteiger partial charge on any atom is 0.0739 e. The molecule has 0 saturated carbocycles. The van der Waals surface area contributed by atoms with Gasteiger partial charge in [-0.15, -0.1) is 0 Å². The fraction of sp³-hybridized carbons (Fsp3) is 0.409. The van der Waals surface area contributed by atoms with Gasteiger partial charge in [0.25, 0.3) is 0 Å². The van der Waals surface area contributed by atoms with Crippen LogP contribution in [0.15, 0.2) is 42.1 Å². The summed E-state index contributed by atoms with van der Waals surface area (Å²) in [7, 11) is 0. The lowest BCUT2D eigenvalue weighted by Crippen LogP contribution is -2.32. The Kier molecular flexibility index (Phi) is 5.39. The molecular weight excluding hydrogens is 344 g/mol. The molecule has 2 aromatic rings. The number of aryl methyl sites for hydroxylation is 2. The van der Waals surface area contributed by atoms with Gasteiger partial charge in [0.05, 0.1) is 5.69 Å². The molecule has 0 spiro atoms. The average Bonchev–Trinajstić information content (AvgIpc) is 2.83. The number of aliphatic hydroxyl groups is 1. The van der Waals surface area contributed by atoms with Crippen molar-refractivity contribution < 1.29 is 5.11 Å². The van der Waals surface area contributed by atoms with Gasteiger partial charge in [0, 0.05) is 43.0 Å². The third kappa shape index (κ3) is 3.57. The first-order chi connectivity index (χ1) is 12.8. The van der Waals surface area contributed by atoms with Crippen molar-refractivity contribution in [3.8, 4) is 0 Å². The molecular formula is C22H25ClN2O. The SMILES string of the molecule is OCCCN1CCC(=C2c3ccc(Cl)cc3CCc3cccnc32)CC1. The Bertz CT molecular complexity index is 821. The van der Waals surface area contributed by atoms with E-state index in [1.54, 1.807) is 0 Å². The molecule has 136 valence electrons. The monoisotopic (exact) mass is 368 g/mol. The Morgan fingerprint density at radius 2 is 1.85 bits per heavy atom. The largest absolute Gasteiger partial charge is 0.396 e. The number of fused-ring (bicyclic) bond motifs is 2. The quantitative estimate of drug-likeness (QED) is 0.885. The third-order valence-electron chi connectivity index (χ3n) is 5.57. The minimum atomic E-state index is 0.274. The minimum absolute atomic E-state index is 0.274. The van der Waals surface area contributed by atoms with Gasteiger partial charge < -0.3 is 10.0 Å². The molecule has 3 nitrogen and oxygen atoms in total. The van der Waals surface area contributed by atoms with E-state index in [0.29, 0.717) is 0 Å². The van der Waals surface area contributed by atoms with Gasteiger partial charge in [-0.2, -0.15) is 0 Å². The summed E-state index contributed by atoms with van der Waals surface area (Å²) in [5.41, 5.74) is 7.99. The van der Waals surface area contributed by atoms with Crippen molar-refractivity contribution in [2.24, 2.45) is 0 Å². The van der Waals surface area contributed by atoms with Gasteiger partial charge >= 0.3 is 0 Å². The molecule has 2 aliphatic rings. The van der Waals surface area contributed by atoms with Crippen LogP contribution < -0.4 is 0 Å². The smallest absolute Gasteiger partial charge is 0.0739 e. The van der Waals surface area contributed by atoms with Gasteiger partial charge in [0.1, 0.15) is 0 Å². The fourth-order valence-corrected chi connectivity index (χ4v) is 4.42. The number of hydrogen-bond donors (Lipinski definition) is 1. The lowest BCUT2D eigenvalue weighted by atomic mass is 9.88. The van der Waals surface area contributed by atoms with Gasteiger partial charge in [-0.3, -0.25) is 4.98 Å². The van der Waals surface area contributed by atoms with Gasteiger partial charge in [-0.1, -0.05) is 29.3 Å². The molecule has 2 heterocycles. The summed E-state index contributed by atoms with van der Waals surface area (Å²) < 4.78 is 0. The van der Waals surface area contributed by atoms with Crippen LogP contribution in [0.4, 0.5) is 0 Å². The lowest BCUT2D eigenvalue weighted by molar-refractivity contribution is 0.215. The molecule has 1 aliphatic heterocycles. The highest BCUT2D eigenvalue weighted by Gasteiger charge is 2.24. The summed E-state index contributed by atoms with van der Waals surface area (Å²) in [4.78, 5) is 7.25. The molecule has 1 aromatic heterocycles. The van der Waals surface area contributed by atoms with E-state index in [1.807, 2.05) is 18.3 Å². The first kappa shape index (κ1) is 17.7. The molecule has 1 N–H and O–H groups in total. The number of aliphatic hydroxyl groups excluding tert-OH is 1. The predicted molar refractivity (Wildman–Crippen MR) is 106 cm³/mol. The number of nitrogens with zero attached hydrogens (tertiary/aromatic N) is 2. The summed E-state index contributed by atoms with van der Waals surface area (Å²) >= 11 is 6.28. The fourth-order valence-electron chi connectivity index (χ4n) is 4.22. The second-order valence-electron chi connectivity index (χ2n) is 7.21. The second-order valence-corrected chi connectivity index (χ2v) is 7.65. The molecule has 26 heavy (non-hydrogen) atoms. The van der Waals surface area contributed by atoms with E-state index in [-0.39, 0.29) is 6.61 Å². The minimum Gasteiger partial charge on any atom is -0.396 e. The summed E-state index contributed by atoms with van der Waals surface area (Å²) in [6.07, 6.45) is 6.93. The normalized spacial score (nSPS) is 17.6. The van der Waals surface area contributed by atoms with Crippen molar-refractivity contribution in [2.75, 3.05) is 26.2 Å². The number of pyridine rings is 1. The zero-order chi connectivity index (χ0) is 17.9. The van der Waals surface area contributed by atoms with Gasteiger partial charge in [-0.25, -0.2) is 0 Å². The number of halogens is 1. The first-order valence-corrected chi connectivity index (χ1v) is 9.92.